The SMILES string of the molecule is CC(C)[C@@H](CC(=O)c1ccccc1)NC(=O)N[C@H](C(=O)N1C[C@H]2[C@@H]([C@H]1C(=O)NC(CC1CC1)C(=O)C(N)=O)C2(C)C)C(C)(C)C. The number of amides is 5. The highest BCUT2D eigenvalue weighted by atomic mass is 16.2. The lowest BCUT2D eigenvalue weighted by Crippen LogP contribution is -2.62. The number of nitrogens with two attached hydrogens (primary N) is 1. The third-order valence-electron chi connectivity index (χ3n) is 9.91. The van der Waals surface area contributed by atoms with Gasteiger partial charge in [-0.2, -0.15) is 0 Å². The quantitative estimate of drug-likeness (QED) is 0.195. The summed E-state index contributed by atoms with van der Waals surface area (Å²) >= 11 is 0. The molecular weight excluding hydrogens is 574 g/mol. The van der Waals surface area contributed by atoms with Crippen molar-refractivity contribution in [3.8, 4) is 0 Å². The summed E-state index contributed by atoms with van der Waals surface area (Å²) < 4.78 is 0. The average molecular weight is 624 g/mol. The number of Topliss-reactive ketones (excluding diaryl/α,β-unsaturated/α-hetero) is 2. The van der Waals surface area contributed by atoms with Crippen molar-refractivity contribution in [1.29, 1.82) is 0 Å². The Balaban J connectivity index is 1.50. The van der Waals surface area contributed by atoms with E-state index in [1.165, 1.54) is 4.90 Å². The maximum atomic E-state index is 14.2. The Kier molecular flexibility index (Phi) is 9.80. The van der Waals surface area contributed by atoms with Gasteiger partial charge in [0.1, 0.15) is 12.1 Å². The number of rotatable bonds is 13. The van der Waals surface area contributed by atoms with Crippen LogP contribution in [0.1, 0.15) is 84.5 Å². The van der Waals surface area contributed by atoms with Crippen molar-refractivity contribution in [1.82, 2.24) is 20.9 Å². The number of carbonyl (C=O) groups is 6. The molecule has 1 aromatic rings. The largest absolute Gasteiger partial charge is 0.363 e. The van der Waals surface area contributed by atoms with Crippen molar-refractivity contribution >= 4 is 35.3 Å². The molecule has 2 aliphatic carbocycles. The van der Waals surface area contributed by atoms with E-state index in [1.54, 1.807) is 24.3 Å². The molecule has 0 bridgehead atoms. The zero-order valence-corrected chi connectivity index (χ0v) is 27.5. The fourth-order valence-electron chi connectivity index (χ4n) is 6.71. The first-order valence-electron chi connectivity index (χ1n) is 16.0. The second-order valence-corrected chi connectivity index (χ2v) is 15.1. The number of nitrogens with zero attached hydrogens (tertiary/aromatic N) is 1. The van der Waals surface area contributed by atoms with Gasteiger partial charge >= 0.3 is 6.03 Å². The summed E-state index contributed by atoms with van der Waals surface area (Å²) in [5.41, 5.74) is 4.95. The van der Waals surface area contributed by atoms with E-state index in [0.29, 0.717) is 18.5 Å². The Hall–Kier alpha value is -3.76. The molecule has 1 saturated heterocycles. The molecule has 4 rings (SSSR count). The minimum atomic E-state index is -1.10. The standard InChI is InChI=1S/C34H49N5O6/c1-18(2)22(16-24(40)20-11-9-8-10-12-20)37-32(45)38-28(33(3,4)5)31(44)39-17-21-25(34(21,6)7)26(39)30(43)36-23(15-19-13-14-19)27(41)29(35)42/h8-12,18-19,21-23,25-26,28H,13-17H2,1-7H3,(H2,35,42)(H,36,43)(H2,37,38,45)/t21-,22+,23?,25-,26-,28+/m0/s1. The summed E-state index contributed by atoms with van der Waals surface area (Å²) in [7, 11) is 0. The molecule has 1 heterocycles. The minimum Gasteiger partial charge on any atom is -0.363 e. The second kappa shape index (κ2) is 12.9. The first-order valence-corrected chi connectivity index (χ1v) is 16.0. The fraction of sp³-hybridized carbons (Fsp3) is 0.647. The molecule has 3 fully saturated rings. The molecule has 45 heavy (non-hydrogen) atoms. The number of carbonyl (C=O) groups excluding carboxylic acids is 6. The van der Waals surface area contributed by atoms with Gasteiger partial charge in [-0.1, -0.05) is 91.6 Å². The van der Waals surface area contributed by atoms with E-state index in [1.807, 2.05) is 40.7 Å². The number of likely N-dealkylation sites (tertiary alicyclic amines) is 1. The summed E-state index contributed by atoms with van der Waals surface area (Å²) in [4.78, 5) is 80.2. The average Bonchev–Trinajstić information content (AvgIpc) is 3.81. The molecule has 0 radical (unpaired) electrons. The molecule has 6 atom stereocenters. The Morgan fingerprint density at radius 1 is 0.978 bits per heavy atom. The van der Waals surface area contributed by atoms with Gasteiger partial charge in [0.15, 0.2) is 5.78 Å². The smallest absolute Gasteiger partial charge is 0.315 e. The van der Waals surface area contributed by atoms with Gasteiger partial charge in [-0.25, -0.2) is 4.79 Å². The molecule has 1 unspecified atom stereocenters. The van der Waals surface area contributed by atoms with Crippen molar-refractivity contribution in [2.24, 2.45) is 40.2 Å². The maximum Gasteiger partial charge on any atom is 0.315 e. The Bertz CT molecular complexity index is 1330. The van der Waals surface area contributed by atoms with Gasteiger partial charge in [0.05, 0.1) is 6.04 Å². The van der Waals surface area contributed by atoms with Crippen LogP contribution < -0.4 is 21.7 Å². The molecule has 11 heteroatoms. The summed E-state index contributed by atoms with van der Waals surface area (Å²) in [6, 6.07) is 4.95. The number of primary amides is 1. The highest BCUT2D eigenvalue weighted by Crippen LogP contribution is 2.65. The van der Waals surface area contributed by atoms with Crippen LogP contribution in [0.15, 0.2) is 30.3 Å². The number of urea groups is 1. The predicted molar refractivity (Wildman–Crippen MR) is 169 cm³/mol. The Labute approximate surface area is 265 Å². The summed E-state index contributed by atoms with van der Waals surface area (Å²) in [5.74, 6) is -2.78. The number of ketones is 2. The number of hydrogen-bond donors (Lipinski definition) is 4. The van der Waals surface area contributed by atoms with Crippen molar-refractivity contribution in [2.45, 2.75) is 98.3 Å². The van der Waals surface area contributed by atoms with E-state index < -0.39 is 59.1 Å². The second-order valence-electron chi connectivity index (χ2n) is 15.1. The van der Waals surface area contributed by atoms with Gasteiger partial charge in [0.25, 0.3) is 5.91 Å². The van der Waals surface area contributed by atoms with E-state index in [4.69, 9.17) is 5.73 Å². The third kappa shape index (κ3) is 7.73. The van der Waals surface area contributed by atoms with Crippen LogP contribution >= 0.6 is 0 Å². The molecule has 1 aromatic carbocycles. The lowest BCUT2D eigenvalue weighted by Gasteiger charge is -2.38. The van der Waals surface area contributed by atoms with Crippen LogP contribution in [-0.4, -0.2) is 70.9 Å². The zero-order valence-electron chi connectivity index (χ0n) is 27.5. The van der Waals surface area contributed by atoms with Crippen molar-refractivity contribution in [2.75, 3.05) is 6.54 Å². The molecule has 0 spiro atoms. The lowest BCUT2D eigenvalue weighted by atomic mass is 9.85. The number of piperidine rings is 1. The summed E-state index contributed by atoms with van der Waals surface area (Å²) in [6.45, 7) is 13.8. The lowest BCUT2D eigenvalue weighted by molar-refractivity contribution is -0.145. The van der Waals surface area contributed by atoms with Gasteiger partial charge in [-0.3, -0.25) is 24.0 Å². The number of fused-ring (bicyclic) bond motifs is 1. The first-order chi connectivity index (χ1) is 20.9. The van der Waals surface area contributed by atoms with Gasteiger partial charge in [0.2, 0.25) is 17.6 Å². The Morgan fingerprint density at radius 3 is 2.13 bits per heavy atom. The van der Waals surface area contributed by atoms with Crippen LogP contribution in [0, 0.1) is 34.5 Å². The highest BCUT2D eigenvalue weighted by molar-refractivity contribution is 6.37. The first kappa shape index (κ1) is 34.1. The van der Waals surface area contributed by atoms with Gasteiger partial charge < -0.3 is 26.6 Å². The van der Waals surface area contributed by atoms with Crippen LogP contribution in [0.3, 0.4) is 0 Å². The molecule has 2 saturated carbocycles. The molecule has 11 nitrogen and oxygen atoms in total. The third-order valence-corrected chi connectivity index (χ3v) is 9.91. The van der Waals surface area contributed by atoms with E-state index >= 15 is 0 Å². The van der Waals surface area contributed by atoms with Gasteiger partial charge in [0, 0.05) is 24.6 Å². The van der Waals surface area contributed by atoms with Gasteiger partial charge in [-0.15, -0.1) is 0 Å². The summed E-state index contributed by atoms with van der Waals surface area (Å²) in [5, 5.41) is 8.52. The van der Waals surface area contributed by atoms with Crippen LogP contribution in [-0.2, 0) is 19.2 Å². The monoisotopic (exact) mass is 623 g/mol. The van der Waals surface area contributed by atoms with E-state index in [2.05, 4.69) is 29.8 Å². The number of hydrogen-bond acceptors (Lipinski definition) is 6. The van der Waals surface area contributed by atoms with Crippen molar-refractivity contribution in [3.05, 3.63) is 35.9 Å². The topological polar surface area (TPSA) is 168 Å². The minimum absolute atomic E-state index is 0.0556. The molecule has 5 amide bonds. The maximum absolute atomic E-state index is 14.2. The van der Waals surface area contributed by atoms with Crippen molar-refractivity contribution < 1.29 is 28.8 Å². The molecule has 0 aromatic heterocycles. The molecular formula is C34H49N5O6. The number of nitrogens with one attached hydrogen (secondary N) is 3. The van der Waals surface area contributed by atoms with Crippen LogP contribution in [0.25, 0.3) is 0 Å². The fourth-order valence-corrected chi connectivity index (χ4v) is 6.71. The summed E-state index contributed by atoms with van der Waals surface area (Å²) in [6.07, 6.45) is 2.27. The van der Waals surface area contributed by atoms with Crippen molar-refractivity contribution in [3.63, 3.8) is 0 Å². The molecule has 246 valence electrons. The highest BCUT2D eigenvalue weighted by Gasteiger charge is 2.70. The van der Waals surface area contributed by atoms with Gasteiger partial charge in [-0.05, 0) is 40.9 Å². The molecule has 5 N–H and O–H groups in total. The molecule has 3 aliphatic rings. The predicted octanol–water partition coefficient (Wildman–Crippen LogP) is 2.82. The van der Waals surface area contributed by atoms with Crippen LogP contribution in [0.4, 0.5) is 4.79 Å². The number of benzene rings is 1. The van der Waals surface area contributed by atoms with E-state index in [9.17, 15) is 28.8 Å². The molecule has 1 aliphatic heterocycles. The normalized spacial score (nSPS) is 23.7. The van der Waals surface area contributed by atoms with Crippen LogP contribution in [0.2, 0.25) is 0 Å². The Morgan fingerprint density at radius 2 is 1.60 bits per heavy atom. The van der Waals surface area contributed by atoms with E-state index in [0.717, 1.165) is 12.8 Å². The zero-order chi connectivity index (χ0) is 33.4. The van der Waals surface area contributed by atoms with Crippen LogP contribution in [0.5, 0.6) is 0 Å². The van der Waals surface area contributed by atoms with E-state index in [-0.39, 0.29) is 41.3 Å².